The molecular weight excluding hydrogens is 442 g/mol. The molecule has 0 unspecified atom stereocenters. The van der Waals surface area contributed by atoms with E-state index in [1.54, 1.807) is 31.2 Å². The van der Waals surface area contributed by atoms with Crippen LogP contribution in [0.15, 0.2) is 84.9 Å². The van der Waals surface area contributed by atoms with Crippen molar-refractivity contribution in [1.82, 2.24) is 10.2 Å². The Labute approximate surface area is 205 Å². The van der Waals surface area contributed by atoms with Crippen molar-refractivity contribution in [2.75, 3.05) is 5.32 Å². The van der Waals surface area contributed by atoms with Crippen molar-refractivity contribution in [2.45, 2.75) is 45.0 Å². The summed E-state index contributed by atoms with van der Waals surface area (Å²) in [5.41, 5.74) is 3.07. The molecule has 4 rings (SSSR count). The van der Waals surface area contributed by atoms with Gasteiger partial charge in [0.15, 0.2) is 12.1 Å². The van der Waals surface area contributed by atoms with Crippen LogP contribution in [0.25, 0.3) is 0 Å². The Kier molecular flexibility index (Phi) is 7.45. The minimum atomic E-state index is -0.883. The summed E-state index contributed by atoms with van der Waals surface area (Å²) in [6, 6.07) is 25.1. The largest absolute Gasteiger partial charge is 0.438 e. The highest BCUT2D eigenvalue weighted by Gasteiger charge is 2.47. The first-order valence-electron chi connectivity index (χ1n) is 11.7. The summed E-state index contributed by atoms with van der Waals surface area (Å²) in [5, 5.41) is 5.87. The molecule has 7 heteroatoms. The molecule has 1 fully saturated rings. The van der Waals surface area contributed by atoms with E-state index >= 15 is 0 Å². The van der Waals surface area contributed by atoms with E-state index in [0.29, 0.717) is 17.7 Å². The molecule has 1 heterocycles. The molecule has 3 amide bonds. The Morgan fingerprint density at radius 2 is 1.66 bits per heavy atom. The van der Waals surface area contributed by atoms with Crippen LogP contribution >= 0.6 is 0 Å². The first-order valence-corrected chi connectivity index (χ1v) is 11.7. The van der Waals surface area contributed by atoms with E-state index in [1.807, 2.05) is 67.6 Å². The van der Waals surface area contributed by atoms with Crippen molar-refractivity contribution in [2.24, 2.45) is 0 Å². The normalized spacial score (nSPS) is 18.0. The van der Waals surface area contributed by atoms with Gasteiger partial charge in [-0.05, 0) is 35.7 Å². The molecule has 3 aromatic rings. The maximum atomic E-state index is 13.6. The third kappa shape index (κ3) is 5.69. The molecule has 1 aliphatic heterocycles. The molecule has 0 spiro atoms. The molecule has 1 saturated heterocycles. The van der Waals surface area contributed by atoms with Crippen LogP contribution in [0.2, 0.25) is 0 Å². The number of ether oxygens (including phenoxy) is 1. The first-order chi connectivity index (χ1) is 17.0. The van der Waals surface area contributed by atoms with E-state index in [2.05, 4.69) is 10.6 Å². The molecular formula is C28H29N3O4. The maximum absolute atomic E-state index is 13.6. The molecule has 3 atom stereocenters. The van der Waals surface area contributed by atoms with Gasteiger partial charge in [-0.15, -0.1) is 0 Å². The highest BCUT2D eigenvalue weighted by Crippen LogP contribution is 2.35. The number of amides is 3. The Balaban J connectivity index is 1.64. The van der Waals surface area contributed by atoms with Crippen molar-refractivity contribution >= 4 is 23.6 Å². The third-order valence-corrected chi connectivity index (χ3v) is 6.03. The predicted molar refractivity (Wildman–Crippen MR) is 133 cm³/mol. The number of nitrogens with zero attached hydrogens (tertiary/aromatic N) is 1. The monoisotopic (exact) mass is 471 g/mol. The maximum Gasteiger partial charge on any atom is 0.411 e. The Morgan fingerprint density at radius 1 is 0.971 bits per heavy atom. The van der Waals surface area contributed by atoms with Gasteiger partial charge in [0.05, 0.1) is 12.6 Å². The van der Waals surface area contributed by atoms with Gasteiger partial charge < -0.3 is 15.4 Å². The quantitative estimate of drug-likeness (QED) is 0.485. The third-order valence-electron chi connectivity index (χ3n) is 6.03. The Hall–Kier alpha value is -4.13. The van der Waals surface area contributed by atoms with E-state index in [9.17, 15) is 14.4 Å². The van der Waals surface area contributed by atoms with Crippen LogP contribution in [0.3, 0.4) is 0 Å². The van der Waals surface area contributed by atoms with Gasteiger partial charge >= 0.3 is 6.09 Å². The molecule has 0 radical (unpaired) electrons. The van der Waals surface area contributed by atoms with Gasteiger partial charge in [-0.25, -0.2) is 4.79 Å². The summed E-state index contributed by atoms with van der Waals surface area (Å²) in [5.74, 6) is -0.432. The molecule has 1 aliphatic rings. The number of carbonyl (C=O) groups excluding carboxylic acids is 3. The lowest BCUT2D eigenvalue weighted by Gasteiger charge is -2.26. The lowest BCUT2D eigenvalue weighted by Crippen LogP contribution is -2.46. The topological polar surface area (TPSA) is 87.7 Å². The summed E-state index contributed by atoms with van der Waals surface area (Å²) in [4.78, 5) is 40.0. The zero-order chi connectivity index (χ0) is 24.8. The van der Waals surface area contributed by atoms with Crippen LogP contribution in [0, 0.1) is 0 Å². The Morgan fingerprint density at radius 3 is 2.34 bits per heavy atom. The van der Waals surface area contributed by atoms with Crippen LogP contribution in [0.5, 0.6) is 0 Å². The van der Waals surface area contributed by atoms with Crippen molar-refractivity contribution < 1.29 is 19.1 Å². The number of carbonyl (C=O) groups is 3. The second-order valence-electron chi connectivity index (χ2n) is 8.53. The van der Waals surface area contributed by atoms with Crippen LogP contribution in [0.1, 0.15) is 49.1 Å². The molecule has 0 saturated carbocycles. The van der Waals surface area contributed by atoms with Crippen molar-refractivity contribution in [3.63, 3.8) is 0 Å². The lowest BCUT2D eigenvalue weighted by molar-refractivity contribution is -0.127. The standard InChI is InChI=1S/C28H29N3O4/c1-3-24(32)30-23-16-10-15-22(17-23)26-25(27(33)29-19(2)21-13-8-5-9-14-21)31(28(34)35-26)18-20-11-6-4-7-12-20/h4-17,19,25-26H,3,18H2,1-2H3,(H,29,33)(H,30,32)/t19-,25+,26-/m0/s1. The average Bonchev–Trinajstić information content (AvgIpc) is 3.21. The predicted octanol–water partition coefficient (Wildman–Crippen LogP) is 4.97. The van der Waals surface area contributed by atoms with Crippen LogP contribution in [-0.2, 0) is 20.9 Å². The van der Waals surface area contributed by atoms with Crippen LogP contribution < -0.4 is 10.6 Å². The molecule has 0 bridgehead atoms. The lowest BCUT2D eigenvalue weighted by atomic mass is 9.99. The first kappa shape index (κ1) is 24.0. The van der Waals surface area contributed by atoms with E-state index in [1.165, 1.54) is 4.90 Å². The Bertz CT molecular complexity index is 1180. The van der Waals surface area contributed by atoms with Crippen LogP contribution in [-0.4, -0.2) is 28.8 Å². The summed E-state index contributed by atoms with van der Waals surface area (Å²) in [6.45, 7) is 3.91. The minimum Gasteiger partial charge on any atom is -0.438 e. The summed E-state index contributed by atoms with van der Waals surface area (Å²) in [6.07, 6.45) is -1.04. The molecule has 7 nitrogen and oxygen atoms in total. The fourth-order valence-corrected chi connectivity index (χ4v) is 4.16. The number of hydrogen-bond donors (Lipinski definition) is 2. The van der Waals surface area contributed by atoms with E-state index in [0.717, 1.165) is 11.1 Å². The number of anilines is 1. The summed E-state index contributed by atoms with van der Waals surface area (Å²) < 4.78 is 5.75. The van der Waals surface area contributed by atoms with E-state index in [4.69, 9.17) is 4.74 Å². The van der Waals surface area contributed by atoms with E-state index < -0.39 is 18.2 Å². The van der Waals surface area contributed by atoms with E-state index in [-0.39, 0.29) is 24.4 Å². The number of cyclic esters (lactones) is 1. The van der Waals surface area contributed by atoms with Gasteiger partial charge in [-0.2, -0.15) is 0 Å². The number of rotatable bonds is 8. The number of hydrogen-bond acceptors (Lipinski definition) is 4. The second kappa shape index (κ2) is 10.9. The van der Waals surface area contributed by atoms with Crippen LogP contribution in [0.4, 0.5) is 10.5 Å². The van der Waals surface area contributed by atoms with Gasteiger partial charge in [0.2, 0.25) is 11.8 Å². The smallest absolute Gasteiger partial charge is 0.411 e. The fourth-order valence-electron chi connectivity index (χ4n) is 4.16. The number of benzene rings is 3. The highest BCUT2D eigenvalue weighted by atomic mass is 16.6. The van der Waals surface area contributed by atoms with Gasteiger partial charge in [0.1, 0.15) is 0 Å². The van der Waals surface area contributed by atoms with Gasteiger partial charge in [0.25, 0.3) is 0 Å². The molecule has 2 N–H and O–H groups in total. The summed E-state index contributed by atoms with van der Waals surface area (Å²) >= 11 is 0. The van der Waals surface area contributed by atoms with Gasteiger partial charge in [-0.1, -0.05) is 79.7 Å². The summed E-state index contributed by atoms with van der Waals surface area (Å²) in [7, 11) is 0. The molecule has 0 aromatic heterocycles. The SMILES string of the molecule is CCC(=O)Nc1cccc([C@@H]2OC(=O)N(Cc3ccccc3)[C@H]2C(=O)N[C@@H](C)c2ccccc2)c1. The second-order valence-corrected chi connectivity index (χ2v) is 8.53. The molecule has 0 aliphatic carbocycles. The fraction of sp³-hybridized carbons (Fsp3) is 0.250. The average molecular weight is 472 g/mol. The zero-order valence-corrected chi connectivity index (χ0v) is 19.8. The van der Waals surface area contributed by atoms with Gasteiger partial charge in [0, 0.05) is 12.1 Å². The van der Waals surface area contributed by atoms with Gasteiger partial charge in [-0.3, -0.25) is 14.5 Å². The molecule has 180 valence electrons. The van der Waals surface area contributed by atoms with Crippen molar-refractivity contribution in [3.05, 3.63) is 102 Å². The zero-order valence-electron chi connectivity index (χ0n) is 19.8. The van der Waals surface area contributed by atoms with Crippen molar-refractivity contribution in [1.29, 1.82) is 0 Å². The van der Waals surface area contributed by atoms with Crippen molar-refractivity contribution in [3.8, 4) is 0 Å². The minimum absolute atomic E-state index is 0.123. The number of nitrogens with one attached hydrogen (secondary N) is 2. The highest BCUT2D eigenvalue weighted by molar-refractivity contribution is 5.91. The molecule has 35 heavy (non-hydrogen) atoms. The molecule has 3 aromatic carbocycles.